The Morgan fingerprint density at radius 3 is 2.62 bits per heavy atom. The van der Waals surface area contributed by atoms with Gasteiger partial charge in [0, 0.05) is 23.6 Å². The number of benzene rings is 1. The Bertz CT molecular complexity index is 1020. The van der Waals surface area contributed by atoms with Gasteiger partial charge in [0.1, 0.15) is 12.5 Å². The van der Waals surface area contributed by atoms with Crippen molar-refractivity contribution in [2.45, 2.75) is 33.9 Å². The van der Waals surface area contributed by atoms with Gasteiger partial charge in [0.2, 0.25) is 5.91 Å². The number of anilines is 1. The highest BCUT2D eigenvalue weighted by Gasteiger charge is 2.18. The minimum atomic E-state index is -4.68. The number of halogens is 1. The highest BCUT2D eigenvalue weighted by Crippen LogP contribution is 2.35. The van der Waals surface area contributed by atoms with E-state index < -0.39 is 26.3 Å². The molecule has 2 aromatic rings. The van der Waals surface area contributed by atoms with Crippen molar-refractivity contribution in [2.24, 2.45) is 10.4 Å². The van der Waals surface area contributed by atoms with Crippen LogP contribution in [0.25, 0.3) is 0 Å². The van der Waals surface area contributed by atoms with E-state index in [1.807, 2.05) is 20.8 Å². The van der Waals surface area contributed by atoms with E-state index >= 15 is 0 Å². The zero-order valence-electron chi connectivity index (χ0n) is 16.0. The molecule has 3 N–H and O–H groups in total. The summed E-state index contributed by atoms with van der Waals surface area (Å²) in [6.07, 6.45) is 1.64. The van der Waals surface area contributed by atoms with E-state index in [1.165, 1.54) is 22.9 Å². The lowest BCUT2D eigenvalue weighted by Crippen LogP contribution is -2.20. The molecule has 0 saturated carbocycles. The molecule has 9 nitrogen and oxygen atoms in total. The largest absolute Gasteiger partial charge is 0.471 e. The first-order valence-electron chi connectivity index (χ1n) is 8.36. The molecule has 0 atom stereocenters. The van der Waals surface area contributed by atoms with E-state index in [2.05, 4.69) is 14.8 Å². The van der Waals surface area contributed by atoms with Crippen LogP contribution in [0.5, 0.6) is 0 Å². The molecule has 0 saturated heterocycles. The summed E-state index contributed by atoms with van der Waals surface area (Å²) in [6.45, 7) is 5.14. The third-order valence-electron chi connectivity index (χ3n) is 3.40. The third kappa shape index (κ3) is 7.64. The number of carbonyl (C=O) groups excluding carboxylic acids is 2. The Hall–Kier alpha value is -2.17. The zero-order chi connectivity index (χ0) is 21.8. The molecule has 0 bridgehead atoms. The van der Waals surface area contributed by atoms with Crippen LogP contribution in [0.1, 0.15) is 37.6 Å². The molecule has 0 aliphatic rings. The molecule has 1 aromatic carbocycles. The van der Waals surface area contributed by atoms with E-state index in [0.29, 0.717) is 0 Å². The summed E-state index contributed by atoms with van der Waals surface area (Å²) in [5.41, 5.74) is -0.348. The topological polar surface area (TPSA) is 130 Å². The van der Waals surface area contributed by atoms with E-state index in [1.54, 1.807) is 5.38 Å². The molecule has 0 radical (unpaired) electrons. The normalized spacial score (nSPS) is 12.8. The number of hydrogen-bond donors (Lipinski definition) is 3. The molecule has 0 fully saturated rings. The molecule has 1 heterocycles. The van der Waals surface area contributed by atoms with Gasteiger partial charge in [0.15, 0.2) is 4.80 Å². The summed E-state index contributed by atoms with van der Waals surface area (Å²) >= 11 is 1.04. The minimum absolute atomic E-state index is 0.0444. The highest BCUT2D eigenvalue weighted by molar-refractivity contribution is 7.46. The van der Waals surface area contributed by atoms with Gasteiger partial charge in [-0.2, -0.15) is 4.99 Å². The van der Waals surface area contributed by atoms with Crippen molar-refractivity contribution in [3.05, 3.63) is 46.0 Å². The SMILES string of the molecule is CC(C)(C)CC(=O)Nc1ccc(C(=O)/N=c2\sccn2COP(=O)(O)O)cc1F. The van der Waals surface area contributed by atoms with Crippen LogP contribution in [-0.4, -0.2) is 26.2 Å². The first kappa shape index (κ1) is 23.1. The minimum Gasteiger partial charge on any atom is -0.324 e. The van der Waals surface area contributed by atoms with Crippen LogP contribution >= 0.6 is 19.2 Å². The maximum atomic E-state index is 14.3. The Kier molecular flexibility index (Phi) is 7.25. The van der Waals surface area contributed by atoms with Crippen molar-refractivity contribution in [1.29, 1.82) is 0 Å². The number of rotatable bonds is 6. The summed E-state index contributed by atoms with van der Waals surface area (Å²) in [5.74, 6) is -1.88. The molecule has 0 aliphatic carbocycles. The highest BCUT2D eigenvalue weighted by atomic mass is 32.1. The van der Waals surface area contributed by atoms with Gasteiger partial charge in [-0.3, -0.25) is 18.7 Å². The lowest BCUT2D eigenvalue weighted by atomic mass is 9.92. The molecule has 2 amide bonds. The number of nitrogens with one attached hydrogen (secondary N) is 1. The second-order valence-corrected chi connectivity index (χ2v) is 9.41. The number of hydrogen-bond acceptors (Lipinski definition) is 5. The van der Waals surface area contributed by atoms with Crippen molar-refractivity contribution < 1.29 is 32.9 Å². The number of thiazole rings is 1. The molecule has 1 aromatic heterocycles. The Morgan fingerprint density at radius 1 is 1.34 bits per heavy atom. The van der Waals surface area contributed by atoms with Crippen molar-refractivity contribution in [1.82, 2.24) is 4.57 Å². The number of phosphoric acid groups is 1. The van der Waals surface area contributed by atoms with Gasteiger partial charge >= 0.3 is 7.82 Å². The maximum Gasteiger partial charge on any atom is 0.471 e. The number of nitrogens with zero attached hydrogens (tertiary/aromatic N) is 2. The molecule has 29 heavy (non-hydrogen) atoms. The average Bonchev–Trinajstić information content (AvgIpc) is 2.99. The second kappa shape index (κ2) is 9.10. The van der Waals surface area contributed by atoms with Gasteiger partial charge in [-0.05, 0) is 23.6 Å². The Labute approximate surface area is 170 Å². The van der Waals surface area contributed by atoms with Crippen molar-refractivity contribution in [2.75, 3.05) is 5.32 Å². The van der Waals surface area contributed by atoms with Crippen LogP contribution in [0.4, 0.5) is 10.1 Å². The van der Waals surface area contributed by atoms with Crippen LogP contribution in [-0.2, 0) is 20.6 Å². The van der Waals surface area contributed by atoms with E-state index in [9.17, 15) is 18.5 Å². The number of carbonyl (C=O) groups is 2. The zero-order valence-corrected chi connectivity index (χ0v) is 17.7. The predicted molar refractivity (Wildman–Crippen MR) is 104 cm³/mol. The summed E-state index contributed by atoms with van der Waals surface area (Å²) in [6, 6.07) is 3.56. The number of aromatic nitrogens is 1. The average molecular weight is 445 g/mol. The fourth-order valence-electron chi connectivity index (χ4n) is 2.20. The lowest BCUT2D eigenvalue weighted by molar-refractivity contribution is -0.117. The summed E-state index contributed by atoms with van der Waals surface area (Å²) in [5, 5.41) is 4.02. The first-order valence-corrected chi connectivity index (χ1v) is 10.8. The van der Waals surface area contributed by atoms with Crippen LogP contribution in [0.15, 0.2) is 34.8 Å². The van der Waals surface area contributed by atoms with Gasteiger partial charge in [0.25, 0.3) is 5.91 Å². The third-order valence-corrected chi connectivity index (χ3v) is 4.65. The fraction of sp³-hybridized carbons (Fsp3) is 0.353. The second-order valence-electron chi connectivity index (χ2n) is 7.30. The maximum absolute atomic E-state index is 14.3. The number of amides is 2. The lowest BCUT2D eigenvalue weighted by Gasteiger charge is -2.17. The predicted octanol–water partition coefficient (Wildman–Crippen LogP) is 2.87. The summed E-state index contributed by atoms with van der Waals surface area (Å²) < 4.78 is 30.7. The summed E-state index contributed by atoms with van der Waals surface area (Å²) in [4.78, 5) is 45.7. The van der Waals surface area contributed by atoms with Gasteiger partial charge in [-0.25, -0.2) is 8.96 Å². The van der Waals surface area contributed by atoms with Crippen molar-refractivity contribution in [3.8, 4) is 0 Å². The molecule has 12 heteroatoms. The molecule has 0 aliphatic heterocycles. The molecular weight excluding hydrogens is 424 g/mol. The van der Waals surface area contributed by atoms with Crippen molar-refractivity contribution >= 4 is 36.7 Å². The van der Waals surface area contributed by atoms with Gasteiger partial charge < -0.3 is 15.1 Å². The first-order chi connectivity index (χ1) is 13.3. The van der Waals surface area contributed by atoms with E-state index in [0.717, 1.165) is 17.4 Å². The van der Waals surface area contributed by atoms with Gasteiger partial charge in [-0.15, -0.1) is 11.3 Å². The van der Waals surface area contributed by atoms with Crippen LogP contribution in [0, 0.1) is 11.2 Å². The monoisotopic (exact) mass is 445 g/mol. The summed E-state index contributed by atoms with van der Waals surface area (Å²) in [7, 11) is -4.68. The molecular formula is C17H21FN3O6PS. The quantitative estimate of drug-likeness (QED) is 0.586. The van der Waals surface area contributed by atoms with E-state index in [-0.39, 0.29) is 33.8 Å². The Balaban J connectivity index is 2.16. The van der Waals surface area contributed by atoms with E-state index in [4.69, 9.17) is 9.79 Å². The number of phosphoric ester groups is 1. The molecule has 0 spiro atoms. The van der Waals surface area contributed by atoms with Crippen LogP contribution in [0.3, 0.4) is 0 Å². The molecule has 0 unspecified atom stereocenters. The standard InChI is InChI=1S/C17H21FN3O6PS/c1-17(2,3)9-14(22)19-13-5-4-11(8-12(13)18)15(23)20-16-21(6-7-29-16)10-27-28(24,25)26/h4-8H,9-10H2,1-3H3,(H,19,22)(H2,24,25,26)/b20-16-. The molecule has 2 rings (SSSR count). The van der Waals surface area contributed by atoms with Gasteiger partial charge in [-0.1, -0.05) is 20.8 Å². The van der Waals surface area contributed by atoms with Crippen LogP contribution in [0.2, 0.25) is 0 Å². The molecule has 158 valence electrons. The van der Waals surface area contributed by atoms with Crippen molar-refractivity contribution in [3.63, 3.8) is 0 Å². The van der Waals surface area contributed by atoms with Gasteiger partial charge in [0.05, 0.1) is 5.69 Å². The Morgan fingerprint density at radius 2 is 2.03 bits per heavy atom. The smallest absolute Gasteiger partial charge is 0.324 e. The fourth-order valence-corrected chi connectivity index (χ4v) is 3.19. The van der Waals surface area contributed by atoms with Crippen LogP contribution < -0.4 is 10.1 Å².